The van der Waals surface area contributed by atoms with Gasteiger partial charge in [-0.1, -0.05) is 31.2 Å². The van der Waals surface area contributed by atoms with E-state index in [9.17, 15) is 19.5 Å². The molecule has 17 heteroatoms. The number of aryl methyl sites for hydroxylation is 1. The Labute approximate surface area is 434 Å². The summed E-state index contributed by atoms with van der Waals surface area (Å²) in [7, 11) is 1.52. The van der Waals surface area contributed by atoms with E-state index in [0.717, 1.165) is 94.1 Å². The van der Waals surface area contributed by atoms with E-state index in [1.54, 1.807) is 36.2 Å². The van der Waals surface area contributed by atoms with Crippen molar-refractivity contribution in [2.75, 3.05) is 76.1 Å². The first-order chi connectivity index (χ1) is 36.3. The van der Waals surface area contributed by atoms with Gasteiger partial charge in [0.1, 0.15) is 34.6 Å². The van der Waals surface area contributed by atoms with E-state index in [1.807, 2.05) is 30.0 Å². The fourth-order valence-corrected chi connectivity index (χ4v) is 13.0. The van der Waals surface area contributed by atoms with Gasteiger partial charge < -0.3 is 34.0 Å². The number of aromatic nitrogens is 3. The van der Waals surface area contributed by atoms with Gasteiger partial charge in [0.2, 0.25) is 11.8 Å². The molecule has 0 radical (unpaired) electrons. The molecular formula is C58H64F2N8O7. The van der Waals surface area contributed by atoms with Gasteiger partial charge in [-0.05, 0) is 161 Å². The number of anilines is 2. The molecule has 6 aromatic rings. The number of piperidine rings is 4. The fourth-order valence-electron chi connectivity index (χ4n) is 13.0. The van der Waals surface area contributed by atoms with Crippen LogP contribution in [0.15, 0.2) is 60.8 Å². The molecule has 4 saturated heterocycles. The molecule has 5 aliphatic heterocycles. The van der Waals surface area contributed by atoms with Crippen LogP contribution in [0.2, 0.25) is 0 Å². The molecule has 1 unspecified atom stereocenters. The van der Waals surface area contributed by atoms with Crippen molar-refractivity contribution in [1.29, 1.82) is 0 Å². The van der Waals surface area contributed by atoms with Crippen LogP contribution >= 0.6 is 0 Å². The molecule has 2 aromatic heterocycles. The van der Waals surface area contributed by atoms with Crippen LogP contribution in [0.4, 0.5) is 20.3 Å². The second-order valence-electron chi connectivity index (χ2n) is 22.2. The van der Waals surface area contributed by atoms with Gasteiger partial charge in [0.25, 0.3) is 5.91 Å². The summed E-state index contributed by atoms with van der Waals surface area (Å²) in [6.45, 7) is 9.79. The van der Waals surface area contributed by atoms with Crippen molar-refractivity contribution in [3.8, 4) is 23.0 Å². The summed E-state index contributed by atoms with van der Waals surface area (Å²) in [6.07, 6.45) is 10.0. The smallest absolute Gasteiger partial charge is 0.319 e. The number of rotatable bonds is 14. The van der Waals surface area contributed by atoms with Gasteiger partial charge in [-0.3, -0.25) is 29.6 Å². The normalized spacial score (nSPS) is 22.7. The van der Waals surface area contributed by atoms with Crippen molar-refractivity contribution in [2.45, 2.75) is 108 Å². The van der Waals surface area contributed by atoms with Crippen LogP contribution in [0.25, 0.3) is 43.7 Å². The van der Waals surface area contributed by atoms with Crippen molar-refractivity contribution in [2.24, 2.45) is 5.41 Å². The Morgan fingerprint density at radius 2 is 1.68 bits per heavy atom. The summed E-state index contributed by atoms with van der Waals surface area (Å²) in [6, 6.07) is 16.5. The van der Waals surface area contributed by atoms with Crippen LogP contribution < -0.4 is 24.6 Å². The monoisotopic (exact) mass is 1020 g/mol. The Morgan fingerprint density at radius 3 is 2.43 bits per heavy atom. The minimum atomic E-state index is -0.971. The maximum Gasteiger partial charge on any atom is 0.319 e. The number of fused-ring (bicyclic) bond motifs is 2. The van der Waals surface area contributed by atoms with E-state index in [1.165, 1.54) is 18.7 Å². The molecule has 2 atom stereocenters. The van der Waals surface area contributed by atoms with Crippen LogP contribution in [0.3, 0.4) is 0 Å². The van der Waals surface area contributed by atoms with Gasteiger partial charge in [-0.25, -0.2) is 8.78 Å². The van der Waals surface area contributed by atoms with Crippen molar-refractivity contribution in [1.82, 2.24) is 30.1 Å². The second kappa shape index (κ2) is 19.6. The number of aliphatic hydroxyl groups is 1. The number of ether oxygens (including phenoxy) is 3. The molecule has 1 aliphatic carbocycles. The number of carbonyl (C=O) groups is 3. The Hall–Kier alpha value is -6.40. The van der Waals surface area contributed by atoms with Crippen molar-refractivity contribution >= 4 is 61.7 Å². The van der Waals surface area contributed by atoms with Gasteiger partial charge in [0.15, 0.2) is 12.6 Å². The first-order valence-electron chi connectivity index (χ1n) is 26.8. The van der Waals surface area contributed by atoms with Crippen molar-refractivity contribution < 1.29 is 42.5 Å². The molecule has 5 fully saturated rings. The topological polar surface area (TPSA) is 163 Å². The van der Waals surface area contributed by atoms with Crippen molar-refractivity contribution in [3.63, 3.8) is 0 Å². The van der Waals surface area contributed by atoms with Gasteiger partial charge in [0, 0.05) is 67.3 Å². The number of amides is 3. The Kier molecular flexibility index (Phi) is 12.9. The van der Waals surface area contributed by atoms with E-state index in [2.05, 4.69) is 27.2 Å². The molecule has 0 bridgehead atoms. The molecule has 4 aromatic carbocycles. The lowest BCUT2D eigenvalue weighted by Gasteiger charge is -2.42. The highest BCUT2D eigenvalue weighted by Crippen LogP contribution is 2.48. The van der Waals surface area contributed by atoms with Crippen molar-refractivity contribution in [3.05, 3.63) is 89.1 Å². The number of benzene rings is 4. The molecule has 0 spiro atoms. The number of nitrogens with one attached hydrogen (secondary N) is 1. The van der Waals surface area contributed by atoms with E-state index in [4.69, 9.17) is 29.2 Å². The zero-order valence-electron chi connectivity index (χ0n) is 42.9. The maximum absolute atomic E-state index is 17.4. The van der Waals surface area contributed by atoms with Crippen LogP contribution in [-0.4, -0.2) is 132 Å². The predicted molar refractivity (Wildman–Crippen MR) is 281 cm³/mol. The van der Waals surface area contributed by atoms with Crippen LogP contribution in [0.5, 0.6) is 11.8 Å². The zero-order valence-corrected chi connectivity index (χ0v) is 42.9. The predicted octanol–water partition coefficient (Wildman–Crippen LogP) is 8.44. The third kappa shape index (κ3) is 9.22. The molecule has 75 heavy (non-hydrogen) atoms. The number of imide groups is 1. The number of β-amino-alcohol motifs (C(OH)–C–C–N with tert-alkyl or cyclic N) is 1. The highest BCUT2D eigenvalue weighted by molar-refractivity contribution is 6.27. The molecule has 392 valence electrons. The van der Waals surface area contributed by atoms with Gasteiger partial charge >= 0.3 is 6.01 Å². The average Bonchev–Trinajstić information content (AvgIpc) is 4.12. The molecule has 15 nitrogen and oxygen atoms in total. The number of hydrogen-bond donors (Lipinski definition) is 2. The summed E-state index contributed by atoms with van der Waals surface area (Å²) in [4.78, 5) is 61.7. The summed E-state index contributed by atoms with van der Waals surface area (Å²) >= 11 is 0. The SMILES string of the molecule is CCc1c(F)ccc2cc(OCOC)cc(-c3ncc4c(N5CCC[C@@](C)(O)C5)nc(OCC5(CN6CCC(N7CCC(c8ccc9c%10c(cccc8%10)N(C8CCC(=O)NC8=O)C9=O)CC7)CC6)CC5)nc4c3F)c12. The number of halogens is 2. The Morgan fingerprint density at radius 1 is 0.867 bits per heavy atom. The number of methoxy groups -OCH3 is 1. The van der Waals surface area contributed by atoms with Crippen LogP contribution in [0, 0.1) is 17.0 Å². The number of carbonyl (C=O) groups excluding carboxylic acids is 3. The van der Waals surface area contributed by atoms with E-state index in [0.29, 0.717) is 95.3 Å². The summed E-state index contributed by atoms with van der Waals surface area (Å²) in [5.41, 5.74) is 2.43. The highest BCUT2D eigenvalue weighted by atomic mass is 19.1. The third-order valence-corrected chi connectivity index (χ3v) is 17.1. The zero-order chi connectivity index (χ0) is 51.8. The largest absolute Gasteiger partial charge is 0.468 e. The Bertz CT molecular complexity index is 3260. The maximum atomic E-state index is 17.4. The molecule has 12 rings (SSSR count). The molecule has 7 heterocycles. The van der Waals surface area contributed by atoms with Gasteiger partial charge in [-0.15, -0.1) is 0 Å². The molecular weight excluding hydrogens is 959 g/mol. The quantitative estimate of drug-likeness (QED) is 0.0791. The summed E-state index contributed by atoms with van der Waals surface area (Å²) < 4.78 is 50.4. The third-order valence-electron chi connectivity index (χ3n) is 17.1. The summed E-state index contributed by atoms with van der Waals surface area (Å²) in [5.74, 6) is -0.748. The lowest BCUT2D eigenvalue weighted by Crippen LogP contribution is -2.53. The minimum Gasteiger partial charge on any atom is -0.468 e. The lowest BCUT2D eigenvalue weighted by atomic mass is 9.84. The van der Waals surface area contributed by atoms with E-state index >= 15 is 8.78 Å². The number of hydrogen-bond acceptors (Lipinski definition) is 13. The molecule has 3 amide bonds. The minimum absolute atomic E-state index is 0.000818. The number of pyridine rings is 1. The van der Waals surface area contributed by atoms with Crippen LogP contribution in [0.1, 0.15) is 105 Å². The fraction of sp³-hybridized carbons (Fsp3) is 0.483. The van der Waals surface area contributed by atoms with Crippen LogP contribution in [-0.2, 0) is 20.7 Å². The van der Waals surface area contributed by atoms with Gasteiger partial charge in [0.05, 0.1) is 23.3 Å². The average molecular weight is 1020 g/mol. The van der Waals surface area contributed by atoms with Gasteiger partial charge in [-0.2, -0.15) is 9.97 Å². The molecule has 1 saturated carbocycles. The second-order valence-corrected chi connectivity index (χ2v) is 22.2. The van der Waals surface area contributed by atoms with E-state index < -0.39 is 23.4 Å². The lowest BCUT2D eigenvalue weighted by molar-refractivity contribution is -0.134. The molecule has 6 aliphatic rings. The highest BCUT2D eigenvalue weighted by Gasteiger charge is 2.46. The number of nitrogens with zero attached hydrogens (tertiary/aromatic N) is 7. The summed E-state index contributed by atoms with van der Waals surface area (Å²) in [5, 5.41) is 17.2. The molecule has 2 N–H and O–H groups in total. The Balaban J connectivity index is 0.727. The standard InChI is InChI=1S/C58H64F2N8O7/c1-4-38-44(59)12-9-35-27-37(75-33-73-3)28-42(48(35)38)51-50(60)52-43(29-61-51)53(67-22-6-19-57(2,72)30-67)64-56(63-52)74-32-58(20-21-58)31-65-23-17-36(18-24-65)66-25-15-34(16-26-66)39-10-11-41-49-40(39)7-5-8-45(49)68(55(41)71)46-13-14-47(69)62-54(46)70/h5,7-12,27-29,34,36,46,72H,4,6,13-26,30-33H2,1-3H3,(H,62,69,70)/t46?,57-/m1/s1. The first kappa shape index (κ1) is 49.5. The first-order valence-corrected chi connectivity index (χ1v) is 26.8. The van der Waals surface area contributed by atoms with E-state index in [-0.39, 0.29) is 53.5 Å². The number of likely N-dealkylation sites (tertiary alicyclic amines) is 2.